The van der Waals surface area contributed by atoms with Crippen LogP contribution in [0.1, 0.15) is 13.3 Å². The number of carboxylic acid groups (broad SMARTS) is 2. The summed E-state index contributed by atoms with van der Waals surface area (Å²) in [5.41, 5.74) is 0. The lowest BCUT2D eigenvalue weighted by atomic mass is 10.2. The van der Waals surface area contributed by atoms with Crippen LogP contribution in [0.15, 0.2) is 0 Å². The zero-order valence-corrected chi connectivity index (χ0v) is 9.60. The molecule has 17 heavy (non-hydrogen) atoms. The number of carboxylic acids is 2. The van der Waals surface area contributed by atoms with Gasteiger partial charge in [0.05, 0.1) is 19.1 Å². The van der Waals surface area contributed by atoms with Crippen LogP contribution in [0.2, 0.25) is 0 Å². The van der Waals surface area contributed by atoms with Crippen molar-refractivity contribution in [3.63, 3.8) is 0 Å². The van der Waals surface area contributed by atoms with E-state index in [4.69, 9.17) is 14.9 Å². The number of nitrogens with one attached hydrogen (secondary N) is 2. The summed E-state index contributed by atoms with van der Waals surface area (Å²) >= 11 is 0. The number of methoxy groups -OCH3 is 1. The van der Waals surface area contributed by atoms with Gasteiger partial charge in [0.15, 0.2) is 0 Å². The molecular formula is C9H16N2O6. The maximum Gasteiger partial charge on any atom is 0.326 e. The van der Waals surface area contributed by atoms with Crippen molar-refractivity contribution in [1.29, 1.82) is 0 Å². The molecule has 4 N–H and O–H groups in total. The van der Waals surface area contributed by atoms with Gasteiger partial charge < -0.3 is 25.6 Å². The fourth-order valence-corrected chi connectivity index (χ4v) is 1.09. The van der Waals surface area contributed by atoms with Gasteiger partial charge in [-0.25, -0.2) is 9.59 Å². The molecule has 0 aliphatic carbocycles. The predicted molar refractivity (Wildman–Crippen MR) is 56.7 cm³/mol. The summed E-state index contributed by atoms with van der Waals surface area (Å²) in [4.78, 5) is 32.3. The van der Waals surface area contributed by atoms with Crippen LogP contribution in [-0.2, 0) is 14.3 Å². The first-order valence-electron chi connectivity index (χ1n) is 4.87. The third kappa shape index (κ3) is 7.12. The lowest BCUT2D eigenvalue weighted by molar-refractivity contribution is -0.145. The van der Waals surface area contributed by atoms with Gasteiger partial charge in [-0.15, -0.1) is 0 Å². The fraction of sp³-hybridized carbons (Fsp3) is 0.667. The van der Waals surface area contributed by atoms with Gasteiger partial charge in [0.25, 0.3) is 0 Å². The van der Waals surface area contributed by atoms with Crippen LogP contribution in [0.25, 0.3) is 0 Å². The van der Waals surface area contributed by atoms with Crippen LogP contribution >= 0.6 is 0 Å². The Balaban J connectivity index is 4.21. The number of aliphatic carboxylic acids is 2. The Morgan fingerprint density at radius 3 is 2.24 bits per heavy atom. The standard InChI is InChI=1S/C9H16N2O6/c1-5(4-17-2)10-9(16)11-6(8(14)15)3-7(12)13/h5-6H,3-4H2,1-2H3,(H,12,13)(H,14,15)(H2,10,11,16). The Labute approximate surface area is 97.9 Å². The number of amides is 2. The van der Waals surface area contributed by atoms with Crippen molar-refractivity contribution in [1.82, 2.24) is 10.6 Å². The van der Waals surface area contributed by atoms with E-state index in [0.29, 0.717) is 0 Å². The Morgan fingerprint density at radius 2 is 1.82 bits per heavy atom. The Morgan fingerprint density at radius 1 is 1.24 bits per heavy atom. The molecule has 0 spiro atoms. The van der Waals surface area contributed by atoms with Gasteiger partial charge in [-0.05, 0) is 6.92 Å². The van der Waals surface area contributed by atoms with Gasteiger partial charge in [0, 0.05) is 7.11 Å². The van der Waals surface area contributed by atoms with Crippen LogP contribution in [0.5, 0.6) is 0 Å². The van der Waals surface area contributed by atoms with Crippen molar-refractivity contribution in [2.24, 2.45) is 0 Å². The highest BCUT2D eigenvalue weighted by atomic mass is 16.5. The SMILES string of the molecule is COCC(C)NC(=O)NC(CC(=O)O)C(=O)O. The van der Waals surface area contributed by atoms with Gasteiger partial charge in [-0.2, -0.15) is 0 Å². The van der Waals surface area contributed by atoms with Crippen molar-refractivity contribution >= 4 is 18.0 Å². The van der Waals surface area contributed by atoms with Crippen LogP contribution in [-0.4, -0.2) is 54.0 Å². The molecule has 0 saturated carbocycles. The highest BCUT2D eigenvalue weighted by molar-refractivity contribution is 5.86. The molecule has 2 amide bonds. The molecule has 0 aliphatic heterocycles. The number of hydrogen-bond acceptors (Lipinski definition) is 4. The Kier molecular flexibility index (Phi) is 6.64. The number of carbonyl (C=O) groups is 3. The molecule has 98 valence electrons. The molecular weight excluding hydrogens is 232 g/mol. The molecule has 2 unspecified atom stereocenters. The van der Waals surface area contributed by atoms with Gasteiger partial charge in [0.1, 0.15) is 6.04 Å². The van der Waals surface area contributed by atoms with E-state index in [1.54, 1.807) is 6.92 Å². The van der Waals surface area contributed by atoms with Crippen molar-refractivity contribution in [3.8, 4) is 0 Å². The van der Waals surface area contributed by atoms with E-state index in [9.17, 15) is 14.4 Å². The fourth-order valence-electron chi connectivity index (χ4n) is 1.09. The minimum atomic E-state index is -1.46. The Bertz CT molecular complexity index is 293. The summed E-state index contributed by atoms with van der Waals surface area (Å²) in [6.07, 6.45) is -0.679. The molecule has 0 bridgehead atoms. The van der Waals surface area contributed by atoms with Gasteiger partial charge >= 0.3 is 18.0 Å². The van der Waals surface area contributed by atoms with Gasteiger partial charge in [-0.1, -0.05) is 0 Å². The molecule has 0 aliphatic rings. The molecule has 0 radical (unpaired) electrons. The highest BCUT2D eigenvalue weighted by Crippen LogP contribution is 1.93. The molecule has 2 atom stereocenters. The minimum absolute atomic E-state index is 0.268. The first-order valence-corrected chi connectivity index (χ1v) is 4.87. The summed E-state index contributed by atoms with van der Waals surface area (Å²) in [6, 6.07) is -2.51. The summed E-state index contributed by atoms with van der Waals surface area (Å²) in [7, 11) is 1.46. The highest BCUT2D eigenvalue weighted by Gasteiger charge is 2.23. The number of hydrogen-bond donors (Lipinski definition) is 4. The molecule has 0 aromatic rings. The van der Waals surface area contributed by atoms with Crippen molar-refractivity contribution in [2.45, 2.75) is 25.4 Å². The predicted octanol–water partition coefficient (Wildman–Crippen LogP) is -0.752. The number of carbonyl (C=O) groups excluding carboxylic acids is 1. The average molecular weight is 248 g/mol. The zero-order valence-electron chi connectivity index (χ0n) is 9.60. The quantitative estimate of drug-likeness (QED) is 0.469. The van der Waals surface area contributed by atoms with E-state index in [0.717, 1.165) is 0 Å². The summed E-state index contributed by atoms with van der Waals surface area (Å²) < 4.78 is 4.77. The molecule has 0 saturated heterocycles. The number of ether oxygens (including phenoxy) is 1. The topological polar surface area (TPSA) is 125 Å². The van der Waals surface area contributed by atoms with Crippen molar-refractivity contribution in [3.05, 3.63) is 0 Å². The third-order valence-electron chi connectivity index (χ3n) is 1.78. The van der Waals surface area contributed by atoms with Crippen LogP contribution < -0.4 is 10.6 Å². The zero-order chi connectivity index (χ0) is 13.4. The second kappa shape index (κ2) is 7.44. The molecule has 8 nitrogen and oxygen atoms in total. The van der Waals surface area contributed by atoms with Gasteiger partial charge in [0.2, 0.25) is 0 Å². The lowest BCUT2D eigenvalue weighted by Gasteiger charge is -2.16. The van der Waals surface area contributed by atoms with Crippen molar-refractivity contribution < 1.29 is 29.3 Å². The second-order valence-corrected chi connectivity index (χ2v) is 3.46. The summed E-state index contributed by atoms with van der Waals surface area (Å²) in [6.45, 7) is 1.93. The van der Waals surface area contributed by atoms with E-state index < -0.39 is 30.4 Å². The van der Waals surface area contributed by atoms with E-state index in [-0.39, 0.29) is 12.6 Å². The van der Waals surface area contributed by atoms with E-state index in [2.05, 4.69) is 10.6 Å². The molecule has 8 heteroatoms. The van der Waals surface area contributed by atoms with E-state index in [1.165, 1.54) is 7.11 Å². The third-order valence-corrected chi connectivity index (χ3v) is 1.78. The molecule has 0 aromatic heterocycles. The first kappa shape index (κ1) is 15.2. The maximum atomic E-state index is 11.3. The summed E-state index contributed by atoms with van der Waals surface area (Å²) in [5, 5.41) is 21.6. The second-order valence-electron chi connectivity index (χ2n) is 3.46. The van der Waals surface area contributed by atoms with Crippen LogP contribution in [0, 0.1) is 0 Å². The smallest absolute Gasteiger partial charge is 0.326 e. The van der Waals surface area contributed by atoms with Crippen LogP contribution in [0.4, 0.5) is 4.79 Å². The largest absolute Gasteiger partial charge is 0.481 e. The number of urea groups is 1. The minimum Gasteiger partial charge on any atom is -0.481 e. The van der Waals surface area contributed by atoms with E-state index >= 15 is 0 Å². The molecule has 0 fully saturated rings. The van der Waals surface area contributed by atoms with Gasteiger partial charge in [-0.3, -0.25) is 4.79 Å². The summed E-state index contributed by atoms with van der Waals surface area (Å²) in [5.74, 6) is -2.70. The maximum absolute atomic E-state index is 11.3. The van der Waals surface area contributed by atoms with E-state index in [1.807, 2.05) is 0 Å². The molecule has 0 heterocycles. The monoisotopic (exact) mass is 248 g/mol. The van der Waals surface area contributed by atoms with Crippen molar-refractivity contribution in [2.75, 3.05) is 13.7 Å². The van der Waals surface area contributed by atoms with Crippen LogP contribution in [0.3, 0.4) is 0 Å². The lowest BCUT2D eigenvalue weighted by Crippen LogP contribution is -2.49. The average Bonchev–Trinajstić information content (AvgIpc) is 2.15. The first-order chi connectivity index (χ1) is 7.86. The molecule has 0 rings (SSSR count). The Hall–Kier alpha value is -1.83. The number of rotatable bonds is 7. The molecule has 0 aromatic carbocycles. The normalized spacial score (nSPS) is 13.5.